The van der Waals surface area contributed by atoms with E-state index in [-0.39, 0.29) is 18.3 Å². The van der Waals surface area contributed by atoms with Gasteiger partial charge >= 0.3 is 0 Å². The normalized spacial score (nSPS) is 11.5. The van der Waals surface area contributed by atoms with Crippen molar-refractivity contribution in [1.82, 2.24) is 0 Å². The Labute approximate surface area is 146 Å². The Bertz CT molecular complexity index is 644. The smallest absolute Gasteiger partial charge is 0.241 e. The van der Waals surface area contributed by atoms with Gasteiger partial charge in [0, 0.05) is 5.69 Å². The van der Waals surface area contributed by atoms with E-state index in [2.05, 4.69) is 5.32 Å². The fourth-order valence-electron chi connectivity index (χ4n) is 1.84. The summed E-state index contributed by atoms with van der Waals surface area (Å²) >= 11 is 11.9. The molecule has 118 valence electrons. The zero-order chi connectivity index (χ0) is 15.4. The zero-order valence-electron chi connectivity index (χ0n) is 12.0. The van der Waals surface area contributed by atoms with E-state index in [1.54, 1.807) is 6.07 Å². The van der Waals surface area contributed by atoms with Crippen molar-refractivity contribution in [2.24, 2.45) is 5.73 Å². The molecule has 0 spiro atoms. The van der Waals surface area contributed by atoms with E-state index in [1.165, 1.54) is 0 Å². The summed E-state index contributed by atoms with van der Waals surface area (Å²) in [7, 11) is 0. The third-order valence-corrected chi connectivity index (χ3v) is 3.92. The minimum atomic E-state index is -0.486. The van der Waals surface area contributed by atoms with Gasteiger partial charge in [0.25, 0.3) is 0 Å². The Morgan fingerprint density at radius 2 is 1.68 bits per heavy atom. The second kappa shape index (κ2) is 8.39. The largest absolute Gasteiger partial charge is 0.325 e. The highest BCUT2D eigenvalue weighted by atomic mass is 35.5. The van der Waals surface area contributed by atoms with Crippen LogP contribution < -0.4 is 11.1 Å². The fourth-order valence-corrected chi connectivity index (χ4v) is 2.14. The third kappa shape index (κ3) is 4.62. The number of nitrogens with two attached hydrogens (primary N) is 1. The van der Waals surface area contributed by atoms with Crippen molar-refractivity contribution in [2.45, 2.75) is 19.4 Å². The predicted octanol–water partition coefficient (Wildman–Crippen LogP) is 4.76. The molecule has 0 fully saturated rings. The molecule has 0 saturated heterocycles. The zero-order valence-corrected chi connectivity index (χ0v) is 14.3. The van der Waals surface area contributed by atoms with Crippen molar-refractivity contribution in [3.63, 3.8) is 0 Å². The Kier molecular flexibility index (Phi) is 7.17. The number of hydrogen-bond acceptors (Lipinski definition) is 2. The lowest BCUT2D eigenvalue weighted by atomic mass is 10.1. The van der Waals surface area contributed by atoms with E-state index in [0.717, 1.165) is 11.1 Å². The molecule has 2 rings (SSSR count). The maximum absolute atomic E-state index is 11.7. The van der Waals surface area contributed by atoms with E-state index < -0.39 is 6.04 Å². The highest BCUT2D eigenvalue weighted by Crippen LogP contribution is 2.29. The monoisotopic (exact) mass is 358 g/mol. The number of anilines is 1. The summed E-state index contributed by atoms with van der Waals surface area (Å²) in [5, 5.41) is 3.82. The Hall–Kier alpha value is -1.26. The molecule has 0 bridgehead atoms. The summed E-state index contributed by atoms with van der Waals surface area (Å²) < 4.78 is 0. The summed E-state index contributed by atoms with van der Waals surface area (Å²) in [6, 6.07) is 12.5. The van der Waals surface area contributed by atoms with Crippen molar-refractivity contribution in [3.05, 3.63) is 52.5 Å². The molecule has 0 heterocycles. The van der Waals surface area contributed by atoms with Crippen LogP contribution in [0.5, 0.6) is 0 Å². The summed E-state index contributed by atoms with van der Waals surface area (Å²) in [4.78, 5) is 11.7. The molecule has 0 aliphatic rings. The minimum Gasteiger partial charge on any atom is -0.325 e. The standard InChI is InChI=1S/C16H16Cl2N2O.ClH/c1-2-15(19)16(21)20-12-6-3-10(4-7-12)11-5-8-13(17)14(18)9-11;/h3-9,15H,2,19H2,1H3,(H,20,21);1H/t15-;/m0./s1. The number of carbonyl (C=O) groups is 1. The van der Waals surface area contributed by atoms with Gasteiger partial charge in [-0.05, 0) is 41.8 Å². The Morgan fingerprint density at radius 1 is 1.09 bits per heavy atom. The van der Waals surface area contributed by atoms with Gasteiger partial charge in [-0.2, -0.15) is 0 Å². The van der Waals surface area contributed by atoms with Crippen LogP contribution in [0.15, 0.2) is 42.5 Å². The van der Waals surface area contributed by atoms with Gasteiger partial charge < -0.3 is 11.1 Å². The molecule has 6 heteroatoms. The molecule has 3 nitrogen and oxygen atoms in total. The van der Waals surface area contributed by atoms with E-state index in [0.29, 0.717) is 22.2 Å². The van der Waals surface area contributed by atoms with Gasteiger partial charge in [-0.1, -0.05) is 48.3 Å². The van der Waals surface area contributed by atoms with Crippen molar-refractivity contribution < 1.29 is 4.79 Å². The van der Waals surface area contributed by atoms with Gasteiger partial charge in [-0.25, -0.2) is 0 Å². The Morgan fingerprint density at radius 3 is 2.23 bits per heavy atom. The molecule has 1 amide bonds. The highest BCUT2D eigenvalue weighted by molar-refractivity contribution is 6.42. The van der Waals surface area contributed by atoms with Gasteiger partial charge in [0.2, 0.25) is 5.91 Å². The maximum Gasteiger partial charge on any atom is 0.241 e. The molecule has 1 atom stereocenters. The summed E-state index contributed by atoms with van der Waals surface area (Å²) in [6.07, 6.45) is 0.604. The molecule has 2 aromatic carbocycles. The van der Waals surface area contributed by atoms with E-state index >= 15 is 0 Å². The summed E-state index contributed by atoms with van der Waals surface area (Å²) in [5.74, 6) is -0.181. The number of amides is 1. The van der Waals surface area contributed by atoms with Crippen LogP contribution in [-0.4, -0.2) is 11.9 Å². The van der Waals surface area contributed by atoms with Crippen LogP contribution in [-0.2, 0) is 4.79 Å². The maximum atomic E-state index is 11.7. The van der Waals surface area contributed by atoms with E-state index in [4.69, 9.17) is 28.9 Å². The number of hydrogen-bond donors (Lipinski definition) is 2. The molecule has 2 aromatic rings. The second-order valence-corrected chi connectivity index (χ2v) is 5.52. The number of rotatable bonds is 4. The number of carbonyl (C=O) groups excluding carboxylic acids is 1. The lowest BCUT2D eigenvalue weighted by molar-refractivity contribution is -0.117. The van der Waals surface area contributed by atoms with E-state index in [9.17, 15) is 4.79 Å². The topological polar surface area (TPSA) is 55.1 Å². The molecular weight excluding hydrogens is 343 g/mol. The molecule has 0 aliphatic heterocycles. The number of nitrogens with one attached hydrogen (secondary N) is 1. The van der Waals surface area contributed by atoms with Gasteiger partial charge in [-0.15, -0.1) is 12.4 Å². The minimum absolute atomic E-state index is 0. The first kappa shape index (κ1) is 18.8. The predicted molar refractivity (Wildman–Crippen MR) is 96.0 cm³/mol. The van der Waals surface area contributed by atoms with Crippen LogP contribution in [0, 0.1) is 0 Å². The molecule has 0 aromatic heterocycles. The molecule has 22 heavy (non-hydrogen) atoms. The van der Waals surface area contributed by atoms with E-state index in [1.807, 2.05) is 43.3 Å². The van der Waals surface area contributed by atoms with Gasteiger partial charge in [0.05, 0.1) is 16.1 Å². The molecule has 3 N–H and O–H groups in total. The molecule has 0 unspecified atom stereocenters. The fraction of sp³-hybridized carbons (Fsp3) is 0.188. The van der Waals surface area contributed by atoms with Crippen molar-refractivity contribution in [2.75, 3.05) is 5.32 Å². The number of halogens is 3. The molecule has 0 saturated carbocycles. The molecule has 0 radical (unpaired) electrons. The molecular formula is C16H17Cl3N2O. The van der Waals surface area contributed by atoms with Crippen LogP contribution in [0.2, 0.25) is 10.0 Å². The van der Waals surface area contributed by atoms with Crippen molar-refractivity contribution in [1.29, 1.82) is 0 Å². The first-order chi connectivity index (χ1) is 10.0. The molecule has 0 aliphatic carbocycles. The van der Waals surface area contributed by atoms with Crippen LogP contribution in [0.4, 0.5) is 5.69 Å². The quantitative estimate of drug-likeness (QED) is 0.827. The van der Waals surface area contributed by atoms with Gasteiger partial charge in [0.1, 0.15) is 0 Å². The van der Waals surface area contributed by atoms with Crippen LogP contribution in [0.25, 0.3) is 11.1 Å². The highest BCUT2D eigenvalue weighted by Gasteiger charge is 2.10. The summed E-state index contributed by atoms with van der Waals surface area (Å²) in [5.41, 5.74) is 8.35. The SMILES string of the molecule is CC[C@H](N)C(=O)Nc1ccc(-c2ccc(Cl)c(Cl)c2)cc1.Cl. The van der Waals surface area contributed by atoms with Crippen molar-refractivity contribution >= 4 is 47.2 Å². The lowest BCUT2D eigenvalue weighted by Gasteiger charge is -2.10. The van der Waals surface area contributed by atoms with Crippen LogP contribution >= 0.6 is 35.6 Å². The Balaban J connectivity index is 0.00000242. The summed E-state index contributed by atoms with van der Waals surface area (Å²) in [6.45, 7) is 1.87. The van der Waals surface area contributed by atoms with Gasteiger partial charge in [0.15, 0.2) is 0 Å². The van der Waals surface area contributed by atoms with Gasteiger partial charge in [-0.3, -0.25) is 4.79 Å². The van der Waals surface area contributed by atoms with Crippen molar-refractivity contribution in [3.8, 4) is 11.1 Å². The first-order valence-corrected chi connectivity index (χ1v) is 7.38. The second-order valence-electron chi connectivity index (χ2n) is 4.71. The average molecular weight is 360 g/mol. The first-order valence-electron chi connectivity index (χ1n) is 6.63. The van der Waals surface area contributed by atoms with Crippen LogP contribution in [0.1, 0.15) is 13.3 Å². The number of benzene rings is 2. The van der Waals surface area contributed by atoms with Crippen LogP contribution in [0.3, 0.4) is 0 Å². The third-order valence-electron chi connectivity index (χ3n) is 3.18. The lowest BCUT2D eigenvalue weighted by Crippen LogP contribution is -2.34. The average Bonchev–Trinajstić information content (AvgIpc) is 2.50.